The molecule has 0 aromatic rings. The quantitative estimate of drug-likeness (QED) is 0.722. The van der Waals surface area contributed by atoms with Gasteiger partial charge >= 0.3 is 0 Å². The van der Waals surface area contributed by atoms with Crippen molar-refractivity contribution < 1.29 is 0 Å². The molecule has 2 rings (SSSR count). The lowest BCUT2D eigenvalue weighted by atomic mass is 9.93. The van der Waals surface area contributed by atoms with E-state index < -0.39 is 0 Å². The van der Waals surface area contributed by atoms with E-state index in [9.17, 15) is 0 Å². The van der Waals surface area contributed by atoms with E-state index in [0.717, 1.165) is 12.0 Å². The first kappa shape index (κ1) is 14.9. The van der Waals surface area contributed by atoms with E-state index in [-0.39, 0.29) is 0 Å². The molecule has 0 unspecified atom stereocenters. The molecule has 2 heterocycles. The van der Waals surface area contributed by atoms with Crippen LogP contribution >= 0.6 is 0 Å². The molecule has 2 aliphatic heterocycles. The monoisotopic (exact) mass is 262 g/mol. The Morgan fingerprint density at radius 1 is 1.00 bits per heavy atom. The normalized spacial score (nSPS) is 24.4. The van der Waals surface area contributed by atoms with Gasteiger partial charge in [-0.15, -0.1) is 11.8 Å². The van der Waals surface area contributed by atoms with Gasteiger partial charge in [0.15, 0.2) is 0 Å². The van der Waals surface area contributed by atoms with Gasteiger partial charge in [-0.25, -0.2) is 0 Å². The van der Waals surface area contributed by atoms with Crippen LogP contribution in [0.25, 0.3) is 0 Å². The van der Waals surface area contributed by atoms with Gasteiger partial charge in [-0.3, -0.25) is 0 Å². The summed E-state index contributed by atoms with van der Waals surface area (Å²) >= 11 is 0. The van der Waals surface area contributed by atoms with Crippen molar-refractivity contribution in [2.75, 3.05) is 32.7 Å². The van der Waals surface area contributed by atoms with Gasteiger partial charge in [-0.2, -0.15) is 0 Å². The molecule has 0 amide bonds. The zero-order valence-electron chi connectivity index (χ0n) is 13.0. The molecule has 0 N–H and O–H groups in total. The molecule has 0 aromatic heterocycles. The Balaban J connectivity index is 1.72. The van der Waals surface area contributed by atoms with Crippen molar-refractivity contribution >= 4 is 0 Å². The van der Waals surface area contributed by atoms with E-state index in [1.54, 1.807) is 0 Å². The third-order valence-electron chi connectivity index (χ3n) is 4.57. The Morgan fingerprint density at radius 2 is 1.63 bits per heavy atom. The first-order valence-corrected chi connectivity index (χ1v) is 8.07. The van der Waals surface area contributed by atoms with E-state index in [2.05, 4.69) is 35.5 Å². The van der Waals surface area contributed by atoms with Crippen molar-refractivity contribution in [1.82, 2.24) is 9.80 Å². The zero-order valence-corrected chi connectivity index (χ0v) is 13.0. The fourth-order valence-corrected chi connectivity index (χ4v) is 3.60. The second-order valence-corrected chi connectivity index (χ2v) is 6.63. The highest BCUT2D eigenvalue weighted by Gasteiger charge is 2.27. The van der Waals surface area contributed by atoms with Crippen LogP contribution in [0.5, 0.6) is 0 Å². The smallest absolute Gasteiger partial charge is 0.0227 e. The lowest BCUT2D eigenvalue weighted by molar-refractivity contribution is 0.0807. The van der Waals surface area contributed by atoms with Crippen LogP contribution in [0.1, 0.15) is 46.5 Å². The Bertz CT molecular complexity index is 310. The molecule has 0 saturated carbocycles. The van der Waals surface area contributed by atoms with Crippen LogP contribution in [0.2, 0.25) is 0 Å². The number of rotatable bonds is 3. The van der Waals surface area contributed by atoms with Gasteiger partial charge in [0.25, 0.3) is 0 Å². The van der Waals surface area contributed by atoms with Crippen molar-refractivity contribution in [3.63, 3.8) is 0 Å². The van der Waals surface area contributed by atoms with Crippen LogP contribution in [0, 0.1) is 23.7 Å². The molecule has 0 bridgehead atoms. The predicted octanol–water partition coefficient (Wildman–Crippen LogP) is 2.84. The van der Waals surface area contributed by atoms with Crippen molar-refractivity contribution in [3.05, 3.63) is 0 Å². The predicted molar refractivity (Wildman–Crippen MR) is 82.0 cm³/mol. The summed E-state index contributed by atoms with van der Waals surface area (Å²) in [7, 11) is 0. The van der Waals surface area contributed by atoms with Gasteiger partial charge in [0, 0.05) is 18.5 Å². The maximum absolute atomic E-state index is 3.35. The highest BCUT2D eigenvalue weighted by Crippen LogP contribution is 2.23. The molecule has 0 aromatic carbocycles. The average molecular weight is 262 g/mol. The van der Waals surface area contributed by atoms with Crippen LogP contribution in [-0.2, 0) is 0 Å². The Morgan fingerprint density at radius 3 is 2.16 bits per heavy atom. The summed E-state index contributed by atoms with van der Waals surface area (Å²) < 4.78 is 0. The molecular weight excluding hydrogens is 232 g/mol. The van der Waals surface area contributed by atoms with Gasteiger partial charge < -0.3 is 9.80 Å². The Kier molecular flexibility index (Phi) is 5.73. The van der Waals surface area contributed by atoms with Crippen LogP contribution < -0.4 is 0 Å². The highest BCUT2D eigenvalue weighted by molar-refractivity contribution is 5.02. The van der Waals surface area contributed by atoms with Gasteiger partial charge in [-0.05, 0) is 64.7 Å². The lowest BCUT2D eigenvalue weighted by Gasteiger charge is -2.41. The first-order valence-electron chi connectivity index (χ1n) is 8.07. The summed E-state index contributed by atoms with van der Waals surface area (Å²) in [6, 6.07) is 0.846. The number of likely N-dealkylation sites (tertiary alicyclic amines) is 2. The standard InChI is InChI=1S/C17H30N2/c1-4-5-16-6-12-19(13-7-16)17-8-10-18(11-9-17)14-15(2)3/h15-17H,6-14H2,1-3H3. The fourth-order valence-electron chi connectivity index (χ4n) is 3.60. The SMILES string of the molecule is CC#CC1CCN(C2CCN(CC(C)C)CC2)CC1. The van der Waals surface area contributed by atoms with Crippen LogP contribution in [0.3, 0.4) is 0 Å². The van der Waals surface area contributed by atoms with Crippen LogP contribution in [-0.4, -0.2) is 48.6 Å². The lowest BCUT2D eigenvalue weighted by Crippen LogP contribution is -2.48. The van der Waals surface area contributed by atoms with E-state index in [1.807, 2.05) is 6.92 Å². The van der Waals surface area contributed by atoms with Crippen LogP contribution in [0.15, 0.2) is 0 Å². The van der Waals surface area contributed by atoms with Gasteiger partial charge in [0.05, 0.1) is 0 Å². The fraction of sp³-hybridized carbons (Fsp3) is 0.882. The molecule has 0 atom stereocenters. The molecular formula is C17H30N2. The molecule has 2 fully saturated rings. The molecule has 0 aliphatic carbocycles. The largest absolute Gasteiger partial charge is 0.303 e. The molecule has 19 heavy (non-hydrogen) atoms. The van der Waals surface area contributed by atoms with Crippen molar-refractivity contribution in [2.45, 2.75) is 52.5 Å². The third kappa shape index (κ3) is 4.51. The van der Waals surface area contributed by atoms with Crippen molar-refractivity contribution in [2.24, 2.45) is 11.8 Å². The minimum absolute atomic E-state index is 0.669. The zero-order chi connectivity index (χ0) is 13.7. The van der Waals surface area contributed by atoms with Gasteiger partial charge in [0.1, 0.15) is 0 Å². The minimum atomic E-state index is 0.669. The third-order valence-corrected chi connectivity index (χ3v) is 4.57. The van der Waals surface area contributed by atoms with Gasteiger partial charge in [0.2, 0.25) is 0 Å². The number of hydrogen-bond donors (Lipinski definition) is 0. The summed E-state index contributed by atoms with van der Waals surface area (Å²) in [6.45, 7) is 13.0. The Hall–Kier alpha value is -0.520. The van der Waals surface area contributed by atoms with E-state index in [4.69, 9.17) is 0 Å². The molecule has 108 valence electrons. The first-order chi connectivity index (χ1) is 9.19. The van der Waals surface area contributed by atoms with Crippen molar-refractivity contribution in [3.8, 4) is 11.8 Å². The van der Waals surface area contributed by atoms with E-state index in [1.165, 1.54) is 58.4 Å². The summed E-state index contributed by atoms with van der Waals surface area (Å²) in [4.78, 5) is 5.39. The number of hydrogen-bond acceptors (Lipinski definition) is 2. The number of nitrogens with zero attached hydrogens (tertiary/aromatic N) is 2. The van der Waals surface area contributed by atoms with E-state index >= 15 is 0 Å². The molecule has 2 nitrogen and oxygen atoms in total. The number of piperidine rings is 2. The maximum atomic E-state index is 3.35. The van der Waals surface area contributed by atoms with Crippen molar-refractivity contribution in [1.29, 1.82) is 0 Å². The highest BCUT2D eigenvalue weighted by atomic mass is 15.2. The second-order valence-electron chi connectivity index (χ2n) is 6.63. The van der Waals surface area contributed by atoms with E-state index in [0.29, 0.717) is 5.92 Å². The topological polar surface area (TPSA) is 6.48 Å². The summed E-state index contributed by atoms with van der Waals surface area (Å²) in [5, 5.41) is 0. The van der Waals surface area contributed by atoms with Crippen LogP contribution in [0.4, 0.5) is 0 Å². The summed E-state index contributed by atoms with van der Waals surface area (Å²) in [5.41, 5.74) is 0. The average Bonchev–Trinajstić information content (AvgIpc) is 2.40. The molecule has 2 heteroatoms. The minimum Gasteiger partial charge on any atom is -0.303 e. The summed E-state index contributed by atoms with van der Waals surface area (Å²) in [5.74, 6) is 7.91. The Labute approximate surface area is 119 Å². The molecule has 0 spiro atoms. The van der Waals surface area contributed by atoms with Gasteiger partial charge in [-0.1, -0.05) is 13.8 Å². The molecule has 2 saturated heterocycles. The molecule has 0 radical (unpaired) electrons. The maximum Gasteiger partial charge on any atom is 0.0227 e. The molecule has 2 aliphatic rings. The summed E-state index contributed by atoms with van der Waals surface area (Å²) in [6.07, 6.45) is 5.31. The second kappa shape index (κ2) is 7.31.